The van der Waals surface area contributed by atoms with Crippen molar-refractivity contribution < 1.29 is 5.11 Å². The summed E-state index contributed by atoms with van der Waals surface area (Å²) < 4.78 is 0. The van der Waals surface area contributed by atoms with Crippen LogP contribution in [0.2, 0.25) is 0 Å². The lowest BCUT2D eigenvalue weighted by Crippen LogP contribution is -2.38. The SMILES string of the molecule is CN(C)CCNC1(CO)CC1. The van der Waals surface area contributed by atoms with E-state index in [0.717, 1.165) is 25.9 Å². The molecule has 0 spiro atoms. The molecule has 0 aromatic carbocycles. The Kier molecular flexibility index (Phi) is 2.87. The van der Waals surface area contributed by atoms with Gasteiger partial charge in [0.2, 0.25) is 0 Å². The van der Waals surface area contributed by atoms with E-state index in [1.54, 1.807) is 0 Å². The number of hydrogen-bond acceptors (Lipinski definition) is 3. The van der Waals surface area contributed by atoms with Crippen molar-refractivity contribution >= 4 is 0 Å². The van der Waals surface area contributed by atoms with E-state index in [4.69, 9.17) is 5.11 Å². The molecule has 0 radical (unpaired) electrons. The second-order valence-electron chi connectivity index (χ2n) is 3.67. The normalized spacial score (nSPS) is 20.7. The van der Waals surface area contributed by atoms with Gasteiger partial charge >= 0.3 is 0 Å². The predicted octanol–water partition coefficient (Wildman–Crippen LogP) is -0.338. The number of hydrogen-bond donors (Lipinski definition) is 2. The third-order valence-corrected chi connectivity index (χ3v) is 2.22. The van der Waals surface area contributed by atoms with Gasteiger partial charge in [-0.25, -0.2) is 0 Å². The van der Waals surface area contributed by atoms with Crippen LogP contribution in [0, 0.1) is 0 Å². The quantitative estimate of drug-likeness (QED) is 0.575. The van der Waals surface area contributed by atoms with Gasteiger partial charge in [0.05, 0.1) is 6.61 Å². The molecule has 0 atom stereocenters. The number of rotatable bonds is 5. The second kappa shape index (κ2) is 3.52. The van der Waals surface area contributed by atoms with Crippen LogP contribution in [0.5, 0.6) is 0 Å². The molecule has 2 N–H and O–H groups in total. The molecule has 0 aromatic rings. The van der Waals surface area contributed by atoms with E-state index in [-0.39, 0.29) is 5.54 Å². The van der Waals surface area contributed by atoms with Gasteiger partial charge in [-0.15, -0.1) is 0 Å². The molecule has 0 heterocycles. The fourth-order valence-electron chi connectivity index (χ4n) is 1.09. The number of aliphatic hydroxyl groups excluding tert-OH is 1. The van der Waals surface area contributed by atoms with E-state index >= 15 is 0 Å². The first-order valence-corrected chi connectivity index (χ1v) is 4.19. The average Bonchev–Trinajstić information content (AvgIpc) is 2.69. The summed E-state index contributed by atoms with van der Waals surface area (Å²) in [6.45, 7) is 2.32. The van der Waals surface area contributed by atoms with E-state index in [9.17, 15) is 0 Å². The largest absolute Gasteiger partial charge is 0.394 e. The maximum absolute atomic E-state index is 8.95. The van der Waals surface area contributed by atoms with Crippen LogP contribution in [0.3, 0.4) is 0 Å². The third-order valence-electron chi connectivity index (χ3n) is 2.22. The summed E-state index contributed by atoms with van der Waals surface area (Å²) in [6.07, 6.45) is 2.27. The molecule has 3 heteroatoms. The summed E-state index contributed by atoms with van der Waals surface area (Å²) in [6, 6.07) is 0. The molecule has 0 aromatic heterocycles. The van der Waals surface area contributed by atoms with E-state index in [1.165, 1.54) is 0 Å². The Hall–Kier alpha value is -0.120. The zero-order chi connectivity index (χ0) is 8.32. The van der Waals surface area contributed by atoms with Crippen LogP contribution in [0.1, 0.15) is 12.8 Å². The van der Waals surface area contributed by atoms with Crippen molar-refractivity contribution in [1.82, 2.24) is 10.2 Å². The number of likely N-dealkylation sites (N-methyl/N-ethyl adjacent to an activating group) is 1. The van der Waals surface area contributed by atoms with Crippen molar-refractivity contribution in [2.75, 3.05) is 33.8 Å². The topological polar surface area (TPSA) is 35.5 Å². The minimum atomic E-state index is 0.107. The van der Waals surface area contributed by atoms with E-state index < -0.39 is 0 Å². The minimum Gasteiger partial charge on any atom is -0.394 e. The molecule has 1 rings (SSSR count). The summed E-state index contributed by atoms with van der Waals surface area (Å²) in [5, 5.41) is 12.3. The van der Waals surface area contributed by atoms with E-state index in [1.807, 2.05) is 0 Å². The Morgan fingerprint density at radius 3 is 2.45 bits per heavy atom. The van der Waals surface area contributed by atoms with Crippen LogP contribution >= 0.6 is 0 Å². The Labute approximate surface area is 68.4 Å². The molecule has 0 aliphatic heterocycles. The van der Waals surface area contributed by atoms with Crippen LogP contribution in [0.15, 0.2) is 0 Å². The van der Waals surface area contributed by atoms with Gasteiger partial charge in [0, 0.05) is 18.6 Å². The molecular formula is C8H18N2O. The molecule has 0 unspecified atom stereocenters. The molecule has 11 heavy (non-hydrogen) atoms. The average molecular weight is 158 g/mol. The summed E-state index contributed by atoms with van der Waals surface area (Å²) in [4.78, 5) is 2.14. The van der Waals surface area contributed by atoms with Crippen molar-refractivity contribution in [1.29, 1.82) is 0 Å². The fourth-order valence-corrected chi connectivity index (χ4v) is 1.09. The van der Waals surface area contributed by atoms with Gasteiger partial charge in [0.25, 0.3) is 0 Å². The highest BCUT2D eigenvalue weighted by molar-refractivity contribution is 5.01. The lowest BCUT2D eigenvalue weighted by atomic mass is 10.3. The Bertz CT molecular complexity index is 121. The first-order valence-electron chi connectivity index (χ1n) is 4.19. The third kappa shape index (κ3) is 2.77. The first-order chi connectivity index (χ1) is 5.18. The molecule has 1 saturated carbocycles. The molecule has 1 aliphatic carbocycles. The van der Waals surface area contributed by atoms with Crippen molar-refractivity contribution in [3.8, 4) is 0 Å². The molecule has 1 fully saturated rings. The summed E-state index contributed by atoms with van der Waals surface area (Å²) >= 11 is 0. The molecule has 0 bridgehead atoms. The van der Waals surface area contributed by atoms with Gasteiger partial charge in [-0.05, 0) is 26.9 Å². The van der Waals surface area contributed by atoms with Gasteiger partial charge in [-0.3, -0.25) is 0 Å². The Morgan fingerprint density at radius 2 is 2.09 bits per heavy atom. The Balaban J connectivity index is 2.03. The summed E-state index contributed by atoms with van der Waals surface area (Å²) in [5.41, 5.74) is 0.107. The van der Waals surface area contributed by atoms with Crippen molar-refractivity contribution in [3.63, 3.8) is 0 Å². The molecule has 66 valence electrons. The maximum Gasteiger partial charge on any atom is 0.0613 e. The lowest BCUT2D eigenvalue weighted by molar-refractivity contribution is 0.226. The molecule has 0 amide bonds. The van der Waals surface area contributed by atoms with Crippen LogP contribution in [-0.4, -0.2) is 49.3 Å². The summed E-state index contributed by atoms with van der Waals surface area (Å²) in [5.74, 6) is 0. The number of nitrogens with one attached hydrogen (secondary N) is 1. The molecule has 3 nitrogen and oxygen atoms in total. The first kappa shape index (κ1) is 8.97. The number of aliphatic hydroxyl groups is 1. The lowest BCUT2D eigenvalue weighted by Gasteiger charge is -2.16. The van der Waals surface area contributed by atoms with Crippen molar-refractivity contribution in [2.24, 2.45) is 0 Å². The second-order valence-corrected chi connectivity index (χ2v) is 3.67. The van der Waals surface area contributed by atoms with Gasteiger partial charge < -0.3 is 15.3 Å². The fraction of sp³-hybridized carbons (Fsp3) is 1.00. The predicted molar refractivity (Wildman–Crippen MR) is 45.6 cm³/mol. The highest BCUT2D eigenvalue weighted by atomic mass is 16.3. The molecule has 0 saturated heterocycles. The van der Waals surface area contributed by atoms with Gasteiger partial charge in [0.15, 0.2) is 0 Å². The highest BCUT2D eigenvalue weighted by Crippen LogP contribution is 2.34. The Morgan fingerprint density at radius 1 is 1.45 bits per heavy atom. The van der Waals surface area contributed by atoms with Crippen molar-refractivity contribution in [3.05, 3.63) is 0 Å². The van der Waals surface area contributed by atoms with Gasteiger partial charge in [0.1, 0.15) is 0 Å². The van der Waals surface area contributed by atoms with Crippen LogP contribution in [-0.2, 0) is 0 Å². The summed E-state index contributed by atoms with van der Waals surface area (Å²) in [7, 11) is 4.11. The van der Waals surface area contributed by atoms with Crippen molar-refractivity contribution in [2.45, 2.75) is 18.4 Å². The van der Waals surface area contributed by atoms with Crippen LogP contribution < -0.4 is 5.32 Å². The van der Waals surface area contributed by atoms with Crippen LogP contribution in [0.4, 0.5) is 0 Å². The van der Waals surface area contributed by atoms with E-state index in [0.29, 0.717) is 6.61 Å². The van der Waals surface area contributed by atoms with E-state index in [2.05, 4.69) is 24.3 Å². The minimum absolute atomic E-state index is 0.107. The van der Waals surface area contributed by atoms with Gasteiger partial charge in [-0.2, -0.15) is 0 Å². The van der Waals surface area contributed by atoms with Crippen LogP contribution in [0.25, 0.3) is 0 Å². The maximum atomic E-state index is 8.95. The molecular weight excluding hydrogens is 140 g/mol. The molecule has 1 aliphatic rings. The highest BCUT2D eigenvalue weighted by Gasteiger charge is 2.41. The standard InChI is InChI=1S/C8H18N2O/c1-10(2)6-5-9-8(7-11)3-4-8/h9,11H,3-7H2,1-2H3. The zero-order valence-electron chi connectivity index (χ0n) is 7.43. The monoisotopic (exact) mass is 158 g/mol. The zero-order valence-corrected chi connectivity index (χ0v) is 7.43. The number of nitrogens with zero attached hydrogens (tertiary/aromatic N) is 1. The smallest absolute Gasteiger partial charge is 0.0613 e. The van der Waals surface area contributed by atoms with Gasteiger partial charge in [-0.1, -0.05) is 0 Å².